The first-order chi connectivity index (χ1) is 12.4. The van der Waals surface area contributed by atoms with Crippen LogP contribution < -0.4 is 5.73 Å². The highest BCUT2D eigenvalue weighted by atomic mass is 19.1. The zero-order valence-electron chi connectivity index (χ0n) is 14.3. The Hall–Kier alpha value is -2.90. The minimum absolute atomic E-state index is 0.0629. The van der Waals surface area contributed by atoms with Crippen LogP contribution in [0.4, 0.5) is 4.39 Å². The number of nitrogens with two attached hydrogens (primary N) is 1. The molecule has 2 heterocycles. The average molecular weight is 362 g/mol. The summed E-state index contributed by atoms with van der Waals surface area (Å²) >= 11 is 0. The summed E-state index contributed by atoms with van der Waals surface area (Å²) in [6.45, 7) is 1.87. The van der Waals surface area contributed by atoms with Crippen molar-refractivity contribution in [3.8, 4) is 0 Å². The number of hydrogen-bond donors (Lipinski definition) is 1. The normalized spacial score (nSPS) is 17.3. The second kappa shape index (κ2) is 7.15. The summed E-state index contributed by atoms with van der Waals surface area (Å²) in [5, 5.41) is 0.476. The number of likely N-dealkylation sites (tertiary alicyclic amines) is 1. The van der Waals surface area contributed by atoms with Crippen LogP contribution in [0.3, 0.4) is 0 Å². The molecule has 0 saturated carbocycles. The van der Waals surface area contributed by atoms with Crippen molar-refractivity contribution in [1.29, 1.82) is 0 Å². The fraction of sp³-hybridized carbons (Fsp3) is 0.389. The Kier molecular flexibility index (Phi) is 4.92. The lowest BCUT2D eigenvalue weighted by atomic mass is 9.97. The lowest BCUT2D eigenvalue weighted by Gasteiger charge is -2.30. The number of hydrogen-bond acceptors (Lipinski definition) is 5. The number of esters is 1. The summed E-state index contributed by atoms with van der Waals surface area (Å²) in [6.07, 6.45) is 1.31. The van der Waals surface area contributed by atoms with Crippen LogP contribution in [0.15, 0.2) is 22.6 Å². The van der Waals surface area contributed by atoms with E-state index in [4.69, 9.17) is 14.9 Å². The van der Waals surface area contributed by atoms with Crippen LogP contribution in [-0.4, -0.2) is 42.4 Å². The molecule has 2 aromatic rings. The molecule has 1 aromatic carbocycles. The van der Waals surface area contributed by atoms with Gasteiger partial charge < -0.3 is 19.8 Å². The van der Waals surface area contributed by atoms with Gasteiger partial charge in [-0.1, -0.05) is 0 Å². The minimum atomic E-state index is -0.795. The molecule has 7 nitrogen and oxygen atoms in total. The van der Waals surface area contributed by atoms with E-state index in [9.17, 15) is 18.8 Å². The van der Waals surface area contributed by atoms with Gasteiger partial charge in [0.05, 0.1) is 5.92 Å². The molecular formula is C18H19FN2O5. The number of halogens is 1. The smallest absolute Gasteiger partial charge is 0.375 e. The van der Waals surface area contributed by atoms with Gasteiger partial charge >= 0.3 is 5.97 Å². The van der Waals surface area contributed by atoms with Crippen molar-refractivity contribution in [3.05, 3.63) is 35.3 Å². The summed E-state index contributed by atoms with van der Waals surface area (Å²) in [6, 6.07) is 3.93. The number of aryl methyl sites for hydroxylation is 1. The third-order valence-corrected chi connectivity index (χ3v) is 4.59. The number of benzene rings is 1. The van der Waals surface area contributed by atoms with Crippen molar-refractivity contribution in [2.75, 3.05) is 19.7 Å². The lowest BCUT2D eigenvalue weighted by molar-refractivity contribution is -0.137. The molecule has 0 aliphatic carbocycles. The van der Waals surface area contributed by atoms with E-state index in [1.165, 1.54) is 23.1 Å². The maximum atomic E-state index is 13.3. The van der Waals surface area contributed by atoms with Crippen molar-refractivity contribution in [3.63, 3.8) is 0 Å². The van der Waals surface area contributed by atoms with Gasteiger partial charge in [0.15, 0.2) is 6.61 Å². The van der Waals surface area contributed by atoms with E-state index in [2.05, 4.69) is 0 Å². The van der Waals surface area contributed by atoms with E-state index in [-0.39, 0.29) is 18.2 Å². The number of furan rings is 1. The van der Waals surface area contributed by atoms with E-state index in [0.29, 0.717) is 35.9 Å². The summed E-state index contributed by atoms with van der Waals surface area (Å²) in [5.74, 6) is -2.52. The van der Waals surface area contributed by atoms with Crippen molar-refractivity contribution in [2.24, 2.45) is 11.7 Å². The first-order valence-electron chi connectivity index (χ1n) is 8.29. The second-order valence-corrected chi connectivity index (χ2v) is 6.35. The molecular weight excluding hydrogens is 343 g/mol. The summed E-state index contributed by atoms with van der Waals surface area (Å²) in [7, 11) is 0. The fourth-order valence-electron chi connectivity index (χ4n) is 3.11. The lowest BCUT2D eigenvalue weighted by Crippen LogP contribution is -2.45. The molecule has 1 aliphatic heterocycles. The second-order valence-electron chi connectivity index (χ2n) is 6.35. The number of carbonyl (C=O) groups is 3. The minimum Gasteiger partial charge on any atom is -0.450 e. The third kappa shape index (κ3) is 3.54. The summed E-state index contributed by atoms with van der Waals surface area (Å²) in [5.41, 5.74) is 6.10. The van der Waals surface area contributed by atoms with Crippen LogP contribution in [0.25, 0.3) is 11.0 Å². The van der Waals surface area contributed by atoms with E-state index in [0.717, 1.165) is 0 Å². The van der Waals surface area contributed by atoms with Crippen molar-refractivity contribution >= 4 is 28.8 Å². The molecule has 2 N–H and O–H groups in total. The topological polar surface area (TPSA) is 103 Å². The number of amides is 2. The number of ether oxygens (including phenoxy) is 1. The molecule has 8 heteroatoms. The highest BCUT2D eigenvalue weighted by Gasteiger charge is 2.28. The average Bonchev–Trinajstić information content (AvgIpc) is 2.96. The quantitative estimate of drug-likeness (QED) is 0.835. The van der Waals surface area contributed by atoms with Crippen LogP contribution in [-0.2, 0) is 14.3 Å². The number of rotatable bonds is 4. The first kappa shape index (κ1) is 17.9. The van der Waals surface area contributed by atoms with E-state index < -0.39 is 30.2 Å². The molecule has 0 spiro atoms. The summed E-state index contributed by atoms with van der Waals surface area (Å²) < 4.78 is 23.8. The molecule has 1 aromatic heterocycles. The van der Waals surface area contributed by atoms with Crippen molar-refractivity contribution < 1.29 is 27.9 Å². The zero-order valence-corrected chi connectivity index (χ0v) is 14.3. The molecule has 138 valence electrons. The zero-order chi connectivity index (χ0) is 18.8. The van der Waals surface area contributed by atoms with Gasteiger partial charge in [-0.3, -0.25) is 9.59 Å². The van der Waals surface area contributed by atoms with Crippen molar-refractivity contribution in [2.45, 2.75) is 19.8 Å². The monoisotopic (exact) mass is 362 g/mol. The Morgan fingerprint density at radius 1 is 1.38 bits per heavy atom. The highest BCUT2D eigenvalue weighted by molar-refractivity contribution is 5.96. The highest BCUT2D eigenvalue weighted by Crippen LogP contribution is 2.26. The van der Waals surface area contributed by atoms with Crippen LogP contribution in [0.5, 0.6) is 0 Å². The van der Waals surface area contributed by atoms with Crippen LogP contribution >= 0.6 is 0 Å². The SMILES string of the molecule is Cc1c(C(=O)OCC(=O)N2CCC[C@H](C(N)=O)C2)oc2ccc(F)cc12. The third-order valence-electron chi connectivity index (χ3n) is 4.59. The van der Waals surface area contributed by atoms with Gasteiger partial charge in [0.2, 0.25) is 11.7 Å². The Morgan fingerprint density at radius 2 is 2.15 bits per heavy atom. The van der Waals surface area contributed by atoms with Gasteiger partial charge in [0.1, 0.15) is 11.4 Å². The molecule has 1 aliphatic rings. The predicted molar refractivity (Wildman–Crippen MR) is 89.7 cm³/mol. The van der Waals surface area contributed by atoms with Gasteiger partial charge in [-0.15, -0.1) is 0 Å². The predicted octanol–water partition coefficient (Wildman–Crippen LogP) is 1.76. The molecule has 1 fully saturated rings. The van der Waals surface area contributed by atoms with Gasteiger partial charge in [-0.05, 0) is 38.0 Å². The van der Waals surface area contributed by atoms with Crippen molar-refractivity contribution in [1.82, 2.24) is 4.90 Å². The van der Waals surface area contributed by atoms with Crippen LogP contribution in [0.1, 0.15) is 29.0 Å². The molecule has 3 rings (SSSR count). The molecule has 1 saturated heterocycles. The Bertz CT molecular complexity index is 876. The van der Waals surface area contributed by atoms with E-state index in [1.54, 1.807) is 6.92 Å². The van der Waals surface area contributed by atoms with Gasteiger partial charge in [0.25, 0.3) is 5.91 Å². The maximum Gasteiger partial charge on any atom is 0.375 e. The molecule has 2 amide bonds. The molecule has 0 unspecified atom stereocenters. The molecule has 1 atom stereocenters. The maximum absolute atomic E-state index is 13.3. The molecule has 0 bridgehead atoms. The molecule has 26 heavy (non-hydrogen) atoms. The Labute approximate surface area is 148 Å². The van der Waals surface area contributed by atoms with E-state index in [1.807, 2.05) is 0 Å². The van der Waals surface area contributed by atoms with Gasteiger partial charge in [0, 0.05) is 24.0 Å². The number of piperidine rings is 1. The summed E-state index contributed by atoms with van der Waals surface area (Å²) in [4.78, 5) is 37.2. The van der Waals surface area contributed by atoms with E-state index >= 15 is 0 Å². The number of carbonyl (C=O) groups excluding carboxylic acids is 3. The Balaban J connectivity index is 1.64. The van der Waals surface area contributed by atoms with Gasteiger partial charge in [-0.2, -0.15) is 0 Å². The first-order valence-corrected chi connectivity index (χ1v) is 8.29. The van der Waals surface area contributed by atoms with Crippen LogP contribution in [0.2, 0.25) is 0 Å². The number of nitrogens with zero attached hydrogens (tertiary/aromatic N) is 1. The fourth-order valence-corrected chi connectivity index (χ4v) is 3.11. The largest absolute Gasteiger partial charge is 0.450 e. The number of primary amides is 1. The number of fused-ring (bicyclic) bond motifs is 1. The van der Waals surface area contributed by atoms with Crippen LogP contribution in [0, 0.1) is 18.7 Å². The standard InChI is InChI=1S/C18H19FN2O5/c1-10-13-7-12(19)4-5-14(13)26-16(10)18(24)25-9-15(22)21-6-2-3-11(8-21)17(20)23/h4-5,7,11H,2-3,6,8-9H2,1H3,(H2,20,23)/t11-/m0/s1. The van der Waals surface area contributed by atoms with Gasteiger partial charge in [-0.25, -0.2) is 9.18 Å². The molecule has 0 radical (unpaired) electrons. The Morgan fingerprint density at radius 3 is 2.88 bits per heavy atom.